The van der Waals surface area contributed by atoms with Crippen LogP contribution in [0.15, 0.2) is 24.3 Å². The summed E-state index contributed by atoms with van der Waals surface area (Å²) >= 11 is 0. The largest absolute Gasteiger partial charge is 0.508 e. The molecule has 0 bridgehead atoms. The summed E-state index contributed by atoms with van der Waals surface area (Å²) in [7, 11) is 0. The number of unbranched alkanes of at least 4 members (excludes halogenated alkanes) is 6. The van der Waals surface area contributed by atoms with Gasteiger partial charge < -0.3 is 35.0 Å². The van der Waals surface area contributed by atoms with Crippen molar-refractivity contribution in [2.45, 2.75) is 76.9 Å². The molecule has 2 atom stereocenters. The van der Waals surface area contributed by atoms with Crippen LogP contribution in [0.1, 0.15) is 75.5 Å². The Morgan fingerprint density at radius 1 is 0.909 bits per heavy atom. The summed E-state index contributed by atoms with van der Waals surface area (Å²) in [5.41, 5.74) is 0.648. The molecule has 8 heteroatoms. The first-order valence-electron chi connectivity index (χ1n) is 11.5. The van der Waals surface area contributed by atoms with Crippen LogP contribution in [-0.2, 0) is 16.0 Å². The molecule has 0 fully saturated rings. The van der Waals surface area contributed by atoms with Crippen molar-refractivity contribution in [1.82, 2.24) is 0 Å². The highest BCUT2D eigenvalue weighted by molar-refractivity contribution is 5.70. The van der Waals surface area contributed by atoms with E-state index in [4.69, 9.17) is 9.47 Å². The number of phenolic OH excluding ortho intramolecular Hbond substituents is 5. The van der Waals surface area contributed by atoms with E-state index in [0.717, 1.165) is 19.3 Å². The second-order valence-electron chi connectivity index (χ2n) is 8.49. The first kappa shape index (κ1) is 24.4. The van der Waals surface area contributed by atoms with Crippen LogP contribution in [0.5, 0.6) is 34.5 Å². The molecule has 1 aliphatic heterocycles. The molecule has 0 unspecified atom stereocenters. The number of carbonyl (C=O) groups is 1. The number of aromatic hydroxyl groups is 5. The number of hydrogen-bond acceptors (Lipinski definition) is 8. The van der Waals surface area contributed by atoms with Gasteiger partial charge in [0.15, 0.2) is 23.4 Å². The normalized spacial score (nSPS) is 17.2. The van der Waals surface area contributed by atoms with Gasteiger partial charge in [-0.25, -0.2) is 0 Å². The highest BCUT2D eigenvalue weighted by Crippen LogP contribution is 2.45. The summed E-state index contributed by atoms with van der Waals surface area (Å²) in [6.45, 7) is 2.17. The van der Waals surface area contributed by atoms with E-state index in [2.05, 4.69) is 6.92 Å². The third kappa shape index (κ3) is 6.15. The summed E-state index contributed by atoms with van der Waals surface area (Å²) in [5, 5.41) is 49.6. The predicted molar refractivity (Wildman–Crippen MR) is 121 cm³/mol. The van der Waals surface area contributed by atoms with Crippen molar-refractivity contribution in [3.63, 3.8) is 0 Å². The monoisotopic (exact) mass is 460 g/mol. The van der Waals surface area contributed by atoms with Crippen molar-refractivity contribution >= 4 is 5.97 Å². The van der Waals surface area contributed by atoms with Gasteiger partial charge in [-0.05, 0) is 18.6 Å². The zero-order valence-electron chi connectivity index (χ0n) is 18.8. The van der Waals surface area contributed by atoms with Crippen molar-refractivity contribution < 1.29 is 39.8 Å². The van der Waals surface area contributed by atoms with Gasteiger partial charge in [0.2, 0.25) is 0 Å². The van der Waals surface area contributed by atoms with Crippen LogP contribution in [0, 0.1) is 0 Å². The second kappa shape index (κ2) is 11.0. The quantitative estimate of drug-likeness (QED) is 0.191. The van der Waals surface area contributed by atoms with Crippen molar-refractivity contribution in [3.05, 3.63) is 35.4 Å². The fourth-order valence-corrected chi connectivity index (χ4v) is 4.08. The Balaban J connectivity index is 1.73. The minimum atomic E-state index is -0.936. The van der Waals surface area contributed by atoms with E-state index >= 15 is 0 Å². The third-order valence-corrected chi connectivity index (χ3v) is 5.85. The van der Waals surface area contributed by atoms with Crippen LogP contribution in [0.3, 0.4) is 0 Å². The molecule has 180 valence electrons. The van der Waals surface area contributed by atoms with Crippen molar-refractivity contribution in [3.8, 4) is 34.5 Å². The van der Waals surface area contributed by atoms with Gasteiger partial charge in [-0.2, -0.15) is 0 Å². The number of ether oxygens (including phenoxy) is 2. The summed E-state index contributed by atoms with van der Waals surface area (Å²) in [6, 6.07) is 4.94. The Hall–Kier alpha value is -3.29. The van der Waals surface area contributed by atoms with E-state index in [1.807, 2.05) is 0 Å². The minimum Gasteiger partial charge on any atom is -0.508 e. The Labute approximate surface area is 193 Å². The zero-order chi connectivity index (χ0) is 24.0. The van der Waals surface area contributed by atoms with Crippen LogP contribution >= 0.6 is 0 Å². The highest BCUT2D eigenvalue weighted by atomic mass is 16.6. The number of phenols is 5. The lowest BCUT2D eigenvalue weighted by atomic mass is 9.93. The topological polar surface area (TPSA) is 137 Å². The predicted octanol–water partition coefficient (Wildman–Crippen LogP) is 4.94. The molecule has 1 heterocycles. The molecule has 0 aliphatic carbocycles. The highest BCUT2D eigenvalue weighted by Gasteiger charge is 2.36. The van der Waals surface area contributed by atoms with Gasteiger partial charge >= 0.3 is 5.97 Å². The van der Waals surface area contributed by atoms with Crippen LogP contribution < -0.4 is 4.74 Å². The van der Waals surface area contributed by atoms with Crippen LogP contribution in [0.4, 0.5) is 0 Å². The molecule has 5 N–H and O–H groups in total. The molecule has 1 aliphatic rings. The van der Waals surface area contributed by atoms with E-state index in [9.17, 15) is 30.3 Å². The number of fused-ring (bicyclic) bond motifs is 1. The average Bonchev–Trinajstić information content (AvgIpc) is 2.76. The van der Waals surface area contributed by atoms with Gasteiger partial charge in [-0.1, -0.05) is 45.4 Å². The fourth-order valence-electron chi connectivity index (χ4n) is 4.08. The van der Waals surface area contributed by atoms with Crippen molar-refractivity contribution in [2.24, 2.45) is 0 Å². The maximum Gasteiger partial charge on any atom is 0.306 e. The molecule has 0 radical (unpaired) electrons. The molecule has 3 rings (SSSR count). The Morgan fingerprint density at radius 3 is 2.21 bits per heavy atom. The maximum absolute atomic E-state index is 12.5. The number of rotatable bonds is 10. The first-order valence-corrected chi connectivity index (χ1v) is 11.5. The van der Waals surface area contributed by atoms with E-state index in [0.29, 0.717) is 12.0 Å². The van der Waals surface area contributed by atoms with Gasteiger partial charge in [-0.3, -0.25) is 4.79 Å². The number of benzene rings is 2. The maximum atomic E-state index is 12.5. The van der Waals surface area contributed by atoms with Crippen LogP contribution in [0.2, 0.25) is 0 Å². The van der Waals surface area contributed by atoms with E-state index in [1.54, 1.807) is 0 Å². The smallest absolute Gasteiger partial charge is 0.306 e. The zero-order valence-corrected chi connectivity index (χ0v) is 18.8. The lowest BCUT2D eigenvalue weighted by Crippen LogP contribution is -2.34. The molecule has 2 aromatic carbocycles. The number of hydrogen-bond donors (Lipinski definition) is 5. The molecular formula is C25H32O8. The molecule has 0 aromatic heterocycles. The van der Waals surface area contributed by atoms with E-state index in [-0.39, 0.29) is 35.7 Å². The molecule has 0 saturated heterocycles. The lowest BCUT2D eigenvalue weighted by Gasteiger charge is -2.34. The van der Waals surface area contributed by atoms with Gasteiger partial charge in [0.05, 0.1) is 0 Å². The summed E-state index contributed by atoms with van der Waals surface area (Å²) in [4.78, 5) is 12.5. The van der Waals surface area contributed by atoms with Gasteiger partial charge in [0.1, 0.15) is 23.4 Å². The third-order valence-electron chi connectivity index (χ3n) is 5.85. The Morgan fingerprint density at radius 2 is 1.55 bits per heavy atom. The SMILES string of the molecule is CCCCCCCCCC(=O)O[C@@H]1Cc2c(O)cc(O)cc2O[C@@H]1c1cc(O)c(O)c(O)c1. The molecule has 0 amide bonds. The van der Waals surface area contributed by atoms with Gasteiger partial charge in [0, 0.05) is 36.1 Å². The molecule has 0 spiro atoms. The summed E-state index contributed by atoms with van der Waals surface area (Å²) < 4.78 is 11.6. The first-order chi connectivity index (χ1) is 15.8. The molecule has 8 nitrogen and oxygen atoms in total. The lowest BCUT2D eigenvalue weighted by molar-refractivity contribution is -0.155. The summed E-state index contributed by atoms with van der Waals surface area (Å²) in [5.74, 6) is -2.36. The molecule has 2 aromatic rings. The number of esters is 1. The molecular weight excluding hydrogens is 428 g/mol. The minimum absolute atomic E-state index is 0.108. The second-order valence-corrected chi connectivity index (χ2v) is 8.49. The van der Waals surface area contributed by atoms with Crippen LogP contribution in [0.25, 0.3) is 0 Å². The molecule has 33 heavy (non-hydrogen) atoms. The standard InChI is InChI=1S/C25H32O8/c1-2-3-4-5-6-7-8-9-23(30)32-22-14-17-18(27)12-16(26)13-21(17)33-25(22)15-10-19(28)24(31)20(29)11-15/h10-13,22,25-29,31H,2-9,14H2,1H3/t22-,25-/m1/s1. The molecule has 0 saturated carbocycles. The van der Waals surface area contributed by atoms with E-state index < -0.39 is 35.4 Å². The van der Waals surface area contributed by atoms with Crippen molar-refractivity contribution in [1.29, 1.82) is 0 Å². The van der Waals surface area contributed by atoms with Crippen molar-refractivity contribution in [2.75, 3.05) is 0 Å². The average molecular weight is 461 g/mol. The fraction of sp³-hybridized carbons (Fsp3) is 0.480. The van der Waals surface area contributed by atoms with Gasteiger partial charge in [-0.15, -0.1) is 0 Å². The summed E-state index contributed by atoms with van der Waals surface area (Å²) in [6.07, 6.45) is 6.04. The van der Waals surface area contributed by atoms with Gasteiger partial charge in [0.25, 0.3) is 0 Å². The van der Waals surface area contributed by atoms with Crippen LogP contribution in [-0.4, -0.2) is 37.6 Å². The Bertz CT molecular complexity index is 948. The van der Waals surface area contributed by atoms with E-state index in [1.165, 1.54) is 43.5 Å². The number of carbonyl (C=O) groups excluding carboxylic acids is 1. The Kier molecular flexibility index (Phi) is 8.14.